The molecule has 1 aliphatic rings. The van der Waals surface area contributed by atoms with Gasteiger partial charge >= 0.3 is 0 Å². The molecule has 3 atom stereocenters. The maximum absolute atomic E-state index is 5.12. The van der Waals surface area contributed by atoms with Crippen molar-refractivity contribution in [1.29, 1.82) is 0 Å². The highest BCUT2D eigenvalue weighted by Gasteiger charge is 2.16. The Bertz CT molecular complexity index is 158. The van der Waals surface area contributed by atoms with Crippen molar-refractivity contribution in [2.75, 3.05) is 20.3 Å². The Morgan fingerprint density at radius 1 is 1.33 bits per heavy atom. The van der Waals surface area contributed by atoms with E-state index in [0.717, 1.165) is 12.6 Å². The van der Waals surface area contributed by atoms with E-state index in [4.69, 9.17) is 4.74 Å². The number of nitrogens with one attached hydrogen (secondary N) is 2. The van der Waals surface area contributed by atoms with E-state index in [1.54, 1.807) is 7.11 Å². The summed E-state index contributed by atoms with van der Waals surface area (Å²) in [6.45, 7) is 6.43. The second-order valence-electron chi connectivity index (χ2n) is 4.81. The van der Waals surface area contributed by atoms with Gasteiger partial charge in [-0.15, -0.1) is 0 Å². The highest BCUT2D eigenvalue weighted by Crippen LogP contribution is 2.12. The predicted octanol–water partition coefficient (Wildman–Crippen LogP) is 1.53. The van der Waals surface area contributed by atoms with Gasteiger partial charge in [-0.2, -0.15) is 0 Å². The molecular formula is C12H26N2O. The maximum atomic E-state index is 5.12. The van der Waals surface area contributed by atoms with E-state index in [1.165, 1.54) is 32.2 Å². The standard InChI is InChI=1S/C12H26N2O/c1-10(14-11(2)9-15-3)8-12-6-4-5-7-13-12/h10-14H,4-9H2,1-3H3. The van der Waals surface area contributed by atoms with Crippen molar-refractivity contribution < 1.29 is 4.74 Å². The zero-order chi connectivity index (χ0) is 11.1. The first-order valence-electron chi connectivity index (χ1n) is 6.20. The van der Waals surface area contributed by atoms with E-state index in [9.17, 15) is 0 Å². The highest BCUT2D eigenvalue weighted by molar-refractivity contribution is 4.78. The van der Waals surface area contributed by atoms with Crippen molar-refractivity contribution in [2.45, 2.75) is 57.7 Å². The molecule has 0 aromatic heterocycles. The van der Waals surface area contributed by atoms with Gasteiger partial charge in [0, 0.05) is 25.2 Å². The van der Waals surface area contributed by atoms with Gasteiger partial charge in [-0.25, -0.2) is 0 Å². The van der Waals surface area contributed by atoms with Crippen LogP contribution in [0.4, 0.5) is 0 Å². The molecule has 2 N–H and O–H groups in total. The molecule has 0 amide bonds. The maximum Gasteiger partial charge on any atom is 0.0613 e. The Morgan fingerprint density at radius 2 is 2.13 bits per heavy atom. The van der Waals surface area contributed by atoms with Gasteiger partial charge < -0.3 is 15.4 Å². The Hall–Kier alpha value is -0.120. The molecule has 3 unspecified atom stereocenters. The Morgan fingerprint density at radius 3 is 2.73 bits per heavy atom. The molecule has 0 aromatic rings. The SMILES string of the molecule is COCC(C)NC(C)CC1CCCCN1. The van der Waals surface area contributed by atoms with Gasteiger partial charge in [0.25, 0.3) is 0 Å². The third-order valence-corrected chi connectivity index (χ3v) is 3.04. The largest absolute Gasteiger partial charge is 0.383 e. The molecule has 1 heterocycles. The molecule has 1 fully saturated rings. The number of hydrogen-bond acceptors (Lipinski definition) is 3. The minimum Gasteiger partial charge on any atom is -0.383 e. The first-order valence-corrected chi connectivity index (χ1v) is 6.20. The van der Waals surface area contributed by atoms with E-state index in [2.05, 4.69) is 24.5 Å². The summed E-state index contributed by atoms with van der Waals surface area (Å²) < 4.78 is 5.12. The van der Waals surface area contributed by atoms with Crippen molar-refractivity contribution in [3.8, 4) is 0 Å². The van der Waals surface area contributed by atoms with Gasteiger partial charge in [0.1, 0.15) is 0 Å². The van der Waals surface area contributed by atoms with E-state index in [1.807, 2.05) is 0 Å². The van der Waals surface area contributed by atoms with Crippen LogP contribution in [0, 0.1) is 0 Å². The molecule has 0 aromatic carbocycles. The lowest BCUT2D eigenvalue weighted by atomic mass is 9.98. The van der Waals surface area contributed by atoms with Crippen LogP contribution in [-0.4, -0.2) is 38.4 Å². The molecule has 0 radical (unpaired) electrons. The molecule has 1 rings (SSSR count). The lowest BCUT2D eigenvalue weighted by molar-refractivity contribution is 0.165. The number of rotatable bonds is 6. The number of ether oxygens (including phenoxy) is 1. The van der Waals surface area contributed by atoms with E-state index >= 15 is 0 Å². The monoisotopic (exact) mass is 214 g/mol. The molecule has 15 heavy (non-hydrogen) atoms. The first kappa shape index (κ1) is 12.9. The summed E-state index contributed by atoms with van der Waals surface area (Å²) in [5, 5.41) is 7.15. The van der Waals surface area contributed by atoms with Gasteiger partial charge in [0.15, 0.2) is 0 Å². The van der Waals surface area contributed by atoms with Crippen LogP contribution in [0.1, 0.15) is 39.5 Å². The average Bonchev–Trinajstić information content (AvgIpc) is 2.19. The van der Waals surface area contributed by atoms with Crippen molar-refractivity contribution in [1.82, 2.24) is 10.6 Å². The van der Waals surface area contributed by atoms with E-state index < -0.39 is 0 Å². The van der Waals surface area contributed by atoms with Crippen LogP contribution in [0.3, 0.4) is 0 Å². The first-order chi connectivity index (χ1) is 7.22. The Kier molecular flexibility index (Phi) is 6.22. The topological polar surface area (TPSA) is 33.3 Å². The molecule has 1 aliphatic heterocycles. The summed E-state index contributed by atoms with van der Waals surface area (Å²) in [5.74, 6) is 0. The van der Waals surface area contributed by atoms with E-state index in [-0.39, 0.29) is 0 Å². The van der Waals surface area contributed by atoms with Crippen molar-refractivity contribution in [3.05, 3.63) is 0 Å². The van der Waals surface area contributed by atoms with E-state index in [0.29, 0.717) is 12.1 Å². The fraction of sp³-hybridized carbons (Fsp3) is 1.00. The van der Waals surface area contributed by atoms with Crippen LogP contribution < -0.4 is 10.6 Å². The molecule has 0 saturated carbocycles. The normalized spacial score (nSPS) is 26.2. The molecule has 3 nitrogen and oxygen atoms in total. The molecule has 3 heteroatoms. The summed E-state index contributed by atoms with van der Waals surface area (Å²) in [5.41, 5.74) is 0. The summed E-state index contributed by atoms with van der Waals surface area (Å²) in [6, 6.07) is 1.75. The summed E-state index contributed by atoms with van der Waals surface area (Å²) in [7, 11) is 1.76. The lowest BCUT2D eigenvalue weighted by Gasteiger charge is -2.28. The second kappa shape index (κ2) is 7.20. The Balaban J connectivity index is 2.13. The lowest BCUT2D eigenvalue weighted by Crippen LogP contribution is -2.43. The number of hydrogen-bond donors (Lipinski definition) is 2. The summed E-state index contributed by atoms with van der Waals surface area (Å²) >= 11 is 0. The van der Waals surface area contributed by atoms with Crippen molar-refractivity contribution in [3.63, 3.8) is 0 Å². The molecule has 90 valence electrons. The van der Waals surface area contributed by atoms with Gasteiger partial charge in [-0.3, -0.25) is 0 Å². The van der Waals surface area contributed by atoms with Crippen molar-refractivity contribution >= 4 is 0 Å². The quantitative estimate of drug-likeness (QED) is 0.703. The second-order valence-corrected chi connectivity index (χ2v) is 4.81. The third-order valence-electron chi connectivity index (χ3n) is 3.04. The van der Waals surface area contributed by atoms with Crippen LogP contribution in [-0.2, 0) is 4.74 Å². The third kappa shape index (κ3) is 5.50. The van der Waals surface area contributed by atoms with Crippen LogP contribution >= 0.6 is 0 Å². The minimum atomic E-state index is 0.452. The van der Waals surface area contributed by atoms with Gasteiger partial charge in [-0.05, 0) is 39.7 Å². The van der Waals surface area contributed by atoms with Crippen molar-refractivity contribution in [2.24, 2.45) is 0 Å². The highest BCUT2D eigenvalue weighted by atomic mass is 16.5. The fourth-order valence-electron chi connectivity index (χ4n) is 2.40. The van der Waals surface area contributed by atoms with Crippen LogP contribution in [0.5, 0.6) is 0 Å². The zero-order valence-electron chi connectivity index (χ0n) is 10.4. The molecule has 0 spiro atoms. The molecule has 0 aliphatic carbocycles. The van der Waals surface area contributed by atoms with Gasteiger partial charge in [-0.1, -0.05) is 6.42 Å². The average molecular weight is 214 g/mol. The minimum absolute atomic E-state index is 0.452. The number of methoxy groups -OCH3 is 1. The Labute approximate surface area is 94.0 Å². The molecule has 0 bridgehead atoms. The molecule has 1 saturated heterocycles. The van der Waals surface area contributed by atoms with Gasteiger partial charge in [0.2, 0.25) is 0 Å². The fourth-order valence-corrected chi connectivity index (χ4v) is 2.40. The smallest absolute Gasteiger partial charge is 0.0613 e. The van der Waals surface area contributed by atoms with Crippen LogP contribution in [0.2, 0.25) is 0 Å². The number of piperidine rings is 1. The predicted molar refractivity (Wildman–Crippen MR) is 64.2 cm³/mol. The summed E-state index contributed by atoms with van der Waals surface area (Å²) in [4.78, 5) is 0. The van der Waals surface area contributed by atoms with Gasteiger partial charge in [0.05, 0.1) is 6.61 Å². The van der Waals surface area contributed by atoms with Crippen LogP contribution in [0.25, 0.3) is 0 Å². The molecular weight excluding hydrogens is 188 g/mol. The van der Waals surface area contributed by atoms with Crippen LogP contribution in [0.15, 0.2) is 0 Å². The summed E-state index contributed by atoms with van der Waals surface area (Å²) in [6.07, 6.45) is 5.30. The zero-order valence-corrected chi connectivity index (χ0v) is 10.4.